The van der Waals surface area contributed by atoms with Crippen LogP contribution in [0, 0.1) is 0 Å². The fourth-order valence-corrected chi connectivity index (χ4v) is 1.10. The average molecular weight is 243 g/mol. The van der Waals surface area contributed by atoms with Gasteiger partial charge in [0.05, 0.1) is 6.61 Å². The van der Waals surface area contributed by atoms with E-state index in [1.54, 1.807) is 0 Å². The minimum Gasteiger partial charge on any atom is -0.726 e. The zero-order valence-corrected chi connectivity index (χ0v) is 10.6. The number of nitrogens with zero attached hydrogens (tertiary/aromatic N) is 1. The zero-order valence-electron chi connectivity index (χ0n) is 9.76. The Morgan fingerprint density at radius 2 is 1.47 bits per heavy atom. The summed E-state index contributed by atoms with van der Waals surface area (Å²) in [5.74, 6) is 0. The molecule has 0 spiro atoms. The van der Waals surface area contributed by atoms with Crippen LogP contribution in [0.15, 0.2) is 0 Å². The largest absolute Gasteiger partial charge is 0.726 e. The Balaban J connectivity index is 0. The topological polar surface area (TPSA) is 86.7 Å². The van der Waals surface area contributed by atoms with Gasteiger partial charge in [0.15, 0.2) is 0 Å². The minimum absolute atomic E-state index is 0.0914. The molecule has 0 saturated heterocycles. The van der Waals surface area contributed by atoms with Gasteiger partial charge >= 0.3 is 0 Å². The predicted molar refractivity (Wildman–Crippen MR) is 55.0 cm³/mol. The lowest BCUT2D eigenvalue weighted by molar-refractivity contribution is -1.10. The molecule has 15 heavy (non-hydrogen) atoms. The maximum Gasteiger partial charge on any atom is 0.217 e. The molecule has 0 aromatic carbocycles. The normalized spacial score (nSPS) is 11.9. The molecule has 0 rings (SSSR count). The molecule has 7 heteroatoms. The first-order valence-corrected chi connectivity index (χ1v) is 6.27. The highest BCUT2D eigenvalue weighted by molar-refractivity contribution is 7.80. The van der Waals surface area contributed by atoms with Gasteiger partial charge in [-0.3, -0.25) is 4.18 Å². The van der Waals surface area contributed by atoms with E-state index >= 15 is 0 Å². The van der Waals surface area contributed by atoms with Crippen molar-refractivity contribution in [2.24, 2.45) is 0 Å². The molecule has 0 radical (unpaired) electrons. The maximum absolute atomic E-state index is 9.45. The molecule has 0 aromatic heterocycles. The maximum atomic E-state index is 9.45. The van der Waals surface area contributed by atoms with Crippen molar-refractivity contribution < 1.29 is 27.0 Å². The van der Waals surface area contributed by atoms with E-state index in [0.29, 0.717) is 0 Å². The molecule has 1 N–H and O–H groups in total. The molecule has 0 bridgehead atoms. The van der Waals surface area contributed by atoms with Gasteiger partial charge in [0.25, 0.3) is 0 Å². The summed E-state index contributed by atoms with van der Waals surface area (Å²) >= 11 is 0. The van der Waals surface area contributed by atoms with Gasteiger partial charge in [-0.2, -0.15) is 4.65 Å². The molecule has 0 saturated carbocycles. The lowest BCUT2D eigenvalue weighted by Gasteiger charge is -2.25. The van der Waals surface area contributed by atoms with Crippen LogP contribution in [0.3, 0.4) is 0 Å². The summed E-state index contributed by atoms with van der Waals surface area (Å²) in [6, 6.07) is 0. The lowest BCUT2D eigenvalue weighted by atomic mass is 10.5. The molecule has 94 valence electrons. The van der Waals surface area contributed by atoms with Crippen molar-refractivity contribution >= 4 is 10.4 Å². The Hall–Kier alpha value is -0.210. The van der Waals surface area contributed by atoms with E-state index < -0.39 is 10.4 Å². The molecular weight excluding hydrogens is 222 g/mol. The van der Waals surface area contributed by atoms with Crippen molar-refractivity contribution in [3.63, 3.8) is 0 Å². The van der Waals surface area contributed by atoms with E-state index in [1.807, 2.05) is 20.8 Å². The van der Waals surface area contributed by atoms with Gasteiger partial charge in [-0.25, -0.2) is 13.6 Å². The Kier molecular flexibility index (Phi) is 9.17. The summed E-state index contributed by atoms with van der Waals surface area (Å²) in [5, 5.41) is 9.38. The molecule has 0 aromatic rings. The van der Waals surface area contributed by atoms with Gasteiger partial charge in [-0.1, -0.05) is 0 Å². The van der Waals surface area contributed by atoms with Crippen molar-refractivity contribution in [2.45, 2.75) is 27.7 Å². The second kappa shape index (κ2) is 8.00. The van der Waals surface area contributed by atoms with Crippen molar-refractivity contribution in [1.29, 1.82) is 0 Å². The summed E-state index contributed by atoms with van der Waals surface area (Å²) in [4.78, 5) is 0. The third-order valence-corrected chi connectivity index (χ3v) is 2.55. The van der Waals surface area contributed by atoms with Crippen molar-refractivity contribution in [3.8, 4) is 0 Å². The van der Waals surface area contributed by atoms with Gasteiger partial charge in [0.1, 0.15) is 19.6 Å². The molecule has 0 fully saturated rings. The Labute approximate surface area is 92.0 Å². The molecular formula is C8H21NO5S. The van der Waals surface area contributed by atoms with E-state index in [1.165, 1.54) is 6.92 Å². The molecule has 0 aliphatic carbocycles. The van der Waals surface area contributed by atoms with Crippen LogP contribution in [0.5, 0.6) is 0 Å². The number of quaternary nitrogens is 1. The highest BCUT2D eigenvalue weighted by Gasteiger charge is 2.15. The average Bonchev–Trinajstić information content (AvgIpc) is 2.16. The number of rotatable bonds is 5. The van der Waals surface area contributed by atoms with Crippen LogP contribution in [0.1, 0.15) is 27.7 Å². The summed E-state index contributed by atoms with van der Waals surface area (Å²) in [7, 11) is -4.42. The molecule has 0 atom stereocenters. The number of hydrogen-bond donors (Lipinski definition) is 1. The summed E-state index contributed by atoms with van der Waals surface area (Å²) < 4.78 is 32.2. The Morgan fingerprint density at radius 3 is 1.47 bits per heavy atom. The fraction of sp³-hybridized carbons (Fsp3) is 1.00. The van der Waals surface area contributed by atoms with Crippen LogP contribution in [0.4, 0.5) is 0 Å². The van der Waals surface area contributed by atoms with Crippen LogP contribution < -0.4 is 0 Å². The predicted octanol–water partition coefficient (Wildman–Crippen LogP) is 0.735. The minimum atomic E-state index is -4.42. The van der Waals surface area contributed by atoms with Crippen LogP contribution in [0.25, 0.3) is 0 Å². The van der Waals surface area contributed by atoms with Crippen molar-refractivity contribution in [2.75, 3.05) is 26.2 Å². The van der Waals surface area contributed by atoms with E-state index in [2.05, 4.69) is 4.18 Å². The summed E-state index contributed by atoms with van der Waals surface area (Å²) in [5.41, 5.74) is 0. The molecule has 0 unspecified atom stereocenters. The first-order chi connectivity index (χ1) is 6.74. The second-order valence-corrected chi connectivity index (χ2v) is 3.91. The first kappa shape index (κ1) is 17.2. The van der Waals surface area contributed by atoms with Crippen molar-refractivity contribution in [3.05, 3.63) is 0 Å². The van der Waals surface area contributed by atoms with E-state index in [4.69, 9.17) is 0 Å². The van der Waals surface area contributed by atoms with E-state index in [9.17, 15) is 18.2 Å². The third kappa shape index (κ3) is 11.7. The smallest absolute Gasteiger partial charge is 0.217 e. The highest BCUT2D eigenvalue weighted by atomic mass is 32.3. The third-order valence-electron chi connectivity index (χ3n) is 2.03. The number of hydroxylamine groups is 3. The highest BCUT2D eigenvalue weighted by Crippen LogP contribution is 1.97. The quantitative estimate of drug-likeness (QED) is 0.333. The lowest BCUT2D eigenvalue weighted by Crippen LogP contribution is -2.43. The first-order valence-electron chi connectivity index (χ1n) is 4.93. The van der Waals surface area contributed by atoms with Crippen molar-refractivity contribution in [1.82, 2.24) is 0 Å². The summed E-state index contributed by atoms with van der Waals surface area (Å²) in [6.45, 7) is 9.75. The molecule has 0 aliphatic heterocycles. The van der Waals surface area contributed by atoms with Gasteiger partial charge < -0.3 is 4.55 Å². The summed E-state index contributed by atoms with van der Waals surface area (Å²) in [6.07, 6.45) is 0. The van der Waals surface area contributed by atoms with E-state index in [0.717, 1.165) is 19.6 Å². The second-order valence-electron chi connectivity index (χ2n) is 2.86. The SMILES string of the molecule is CCOS(=O)(=O)[O-].CC[N+](O)(CC)CC. The van der Waals surface area contributed by atoms with Crippen LogP contribution in [-0.2, 0) is 14.6 Å². The molecule has 0 heterocycles. The zero-order chi connectivity index (χ0) is 12.5. The Morgan fingerprint density at radius 1 is 1.13 bits per heavy atom. The monoisotopic (exact) mass is 243 g/mol. The standard InChI is InChI=1S/C6H16NO.C2H6O4S/c1-4-7(8,5-2)6-3;1-2-6-7(3,4)5/h8H,4-6H2,1-3H3;2H2,1H3,(H,3,4,5)/q+1;/p-1. The van der Waals surface area contributed by atoms with Gasteiger partial charge in [-0.15, -0.1) is 0 Å². The molecule has 6 nitrogen and oxygen atoms in total. The van der Waals surface area contributed by atoms with Gasteiger partial charge in [0, 0.05) is 0 Å². The fourth-order valence-electron chi connectivity index (χ4n) is 0.815. The van der Waals surface area contributed by atoms with Crippen LogP contribution >= 0.6 is 0 Å². The van der Waals surface area contributed by atoms with Gasteiger partial charge in [0.2, 0.25) is 10.4 Å². The van der Waals surface area contributed by atoms with Gasteiger partial charge in [-0.05, 0) is 27.7 Å². The molecule has 0 aliphatic rings. The Bertz CT molecular complexity index is 227. The van der Waals surface area contributed by atoms with Crippen LogP contribution in [-0.4, -0.2) is 49.1 Å². The van der Waals surface area contributed by atoms with E-state index in [-0.39, 0.29) is 11.3 Å². The van der Waals surface area contributed by atoms with Crippen LogP contribution in [0.2, 0.25) is 0 Å². The number of hydrogen-bond acceptors (Lipinski definition) is 5. The molecule has 0 amide bonds.